The Morgan fingerprint density at radius 2 is 1.79 bits per heavy atom. The molecular weight excluding hydrogens is 515 g/mol. The van der Waals surface area contributed by atoms with E-state index in [0.717, 1.165) is 16.7 Å². The van der Waals surface area contributed by atoms with E-state index in [1.54, 1.807) is 24.3 Å². The molecule has 2 heterocycles. The molecule has 6 atom stereocenters. The average Bonchev–Trinajstić information content (AvgIpc) is 3.26. The molecular formula is C29H30ClFO7. The van der Waals surface area contributed by atoms with E-state index >= 15 is 0 Å². The summed E-state index contributed by atoms with van der Waals surface area (Å²) in [6.07, 6.45) is -5.71. The minimum atomic E-state index is -1.46. The van der Waals surface area contributed by atoms with Crippen molar-refractivity contribution >= 4 is 11.6 Å². The van der Waals surface area contributed by atoms with Crippen molar-refractivity contribution in [3.8, 4) is 5.75 Å². The monoisotopic (exact) mass is 544 g/mol. The van der Waals surface area contributed by atoms with Gasteiger partial charge in [-0.15, -0.1) is 0 Å². The number of hydrogen-bond acceptors (Lipinski definition) is 7. The fraction of sp³-hybridized carbons (Fsp3) is 0.379. The summed E-state index contributed by atoms with van der Waals surface area (Å²) in [6.45, 7) is 1.83. The van der Waals surface area contributed by atoms with Gasteiger partial charge in [0.25, 0.3) is 0 Å². The Balaban J connectivity index is 1.27. The van der Waals surface area contributed by atoms with Crippen LogP contribution in [0.15, 0.2) is 60.7 Å². The van der Waals surface area contributed by atoms with Gasteiger partial charge in [0, 0.05) is 10.6 Å². The predicted octanol–water partition coefficient (Wildman–Crippen LogP) is 3.41. The SMILES string of the molecule is CC1(COc2ccc(Cc3cc([C@@H]4O[C@H](CO)[C@@H](O)[C@H](O)[C@H]4O)ccc3Cl)cc2)OCc2cccc(F)c21. The van der Waals surface area contributed by atoms with Crippen LogP contribution in [0.4, 0.5) is 4.39 Å². The van der Waals surface area contributed by atoms with Crippen LogP contribution >= 0.6 is 11.6 Å². The van der Waals surface area contributed by atoms with Crippen molar-refractivity contribution in [2.24, 2.45) is 0 Å². The van der Waals surface area contributed by atoms with E-state index in [-0.39, 0.29) is 12.4 Å². The fourth-order valence-electron chi connectivity index (χ4n) is 5.13. The second-order valence-electron chi connectivity index (χ2n) is 10.0. The molecule has 7 nitrogen and oxygen atoms in total. The van der Waals surface area contributed by atoms with Crippen LogP contribution in [0.1, 0.15) is 40.8 Å². The molecule has 0 aromatic heterocycles. The molecule has 0 spiro atoms. The van der Waals surface area contributed by atoms with Crippen molar-refractivity contribution in [1.82, 2.24) is 0 Å². The molecule has 4 N–H and O–H groups in total. The van der Waals surface area contributed by atoms with Crippen LogP contribution in [0, 0.1) is 5.82 Å². The molecule has 3 aromatic carbocycles. The first kappa shape index (κ1) is 27.0. The number of benzene rings is 3. The van der Waals surface area contributed by atoms with Gasteiger partial charge < -0.3 is 34.6 Å². The molecule has 2 aliphatic rings. The number of ether oxygens (including phenoxy) is 3. The van der Waals surface area contributed by atoms with Gasteiger partial charge in [-0.05, 0) is 59.9 Å². The van der Waals surface area contributed by atoms with Gasteiger partial charge in [-0.3, -0.25) is 0 Å². The molecule has 38 heavy (non-hydrogen) atoms. The molecule has 2 aliphatic heterocycles. The molecule has 0 aliphatic carbocycles. The van der Waals surface area contributed by atoms with E-state index in [2.05, 4.69) is 0 Å². The zero-order valence-electron chi connectivity index (χ0n) is 20.8. The summed E-state index contributed by atoms with van der Waals surface area (Å²) in [6, 6.07) is 17.6. The maximum absolute atomic E-state index is 14.4. The Hall–Kier alpha value is -2.56. The molecule has 0 amide bonds. The molecule has 0 radical (unpaired) electrons. The summed E-state index contributed by atoms with van der Waals surface area (Å²) in [5.74, 6) is 0.314. The van der Waals surface area contributed by atoms with Gasteiger partial charge in [0.15, 0.2) is 0 Å². The number of rotatable bonds is 7. The molecule has 3 aromatic rings. The summed E-state index contributed by atoms with van der Waals surface area (Å²) < 4.78 is 32.0. The van der Waals surface area contributed by atoms with Crippen LogP contribution in [0.3, 0.4) is 0 Å². The van der Waals surface area contributed by atoms with E-state index in [4.69, 9.17) is 25.8 Å². The summed E-state index contributed by atoms with van der Waals surface area (Å²) in [7, 11) is 0. The van der Waals surface area contributed by atoms with Crippen molar-refractivity contribution in [1.29, 1.82) is 0 Å². The lowest BCUT2D eigenvalue weighted by Crippen LogP contribution is -2.55. The normalized spacial score (nSPS) is 28.8. The van der Waals surface area contributed by atoms with Gasteiger partial charge in [0.1, 0.15) is 54.3 Å². The van der Waals surface area contributed by atoms with Gasteiger partial charge in [0.05, 0.1) is 13.2 Å². The average molecular weight is 545 g/mol. The molecule has 0 bridgehead atoms. The molecule has 1 unspecified atom stereocenters. The molecule has 9 heteroatoms. The highest BCUT2D eigenvalue weighted by molar-refractivity contribution is 6.31. The third kappa shape index (κ3) is 5.18. The Labute approximate surface area is 225 Å². The van der Waals surface area contributed by atoms with Crippen LogP contribution < -0.4 is 4.74 Å². The molecule has 0 saturated carbocycles. The number of aliphatic hydroxyl groups excluding tert-OH is 4. The van der Waals surface area contributed by atoms with Gasteiger partial charge >= 0.3 is 0 Å². The Kier molecular flexibility index (Phi) is 7.75. The second-order valence-corrected chi connectivity index (χ2v) is 10.4. The lowest BCUT2D eigenvalue weighted by atomic mass is 9.90. The highest BCUT2D eigenvalue weighted by Gasteiger charge is 2.44. The summed E-state index contributed by atoms with van der Waals surface area (Å²) >= 11 is 6.45. The lowest BCUT2D eigenvalue weighted by Gasteiger charge is -2.40. The molecule has 202 valence electrons. The topological polar surface area (TPSA) is 109 Å². The van der Waals surface area contributed by atoms with Gasteiger partial charge in [-0.2, -0.15) is 0 Å². The van der Waals surface area contributed by atoms with Crippen LogP contribution in [0.2, 0.25) is 5.02 Å². The third-order valence-electron chi connectivity index (χ3n) is 7.30. The number of fused-ring (bicyclic) bond motifs is 1. The van der Waals surface area contributed by atoms with Crippen LogP contribution in [-0.2, 0) is 28.1 Å². The maximum atomic E-state index is 14.4. The standard InChI is InChI=1S/C29H30ClFO7/c1-29(24-18(14-37-29)3-2-4-22(24)31)15-36-20-8-5-16(6-9-20)11-19-12-17(7-10-21(19)30)28-27(35)26(34)25(33)23(13-32)38-28/h2-10,12,23,25-28,32-35H,11,13-15H2,1H3/t23-,25-,26+,27-,28+,29?/m1/s1. The Morgan fingerprint density at radius 3 is 2.53 bits per heavy atom. The molecule has 1 saturated heterocycles. The predicted molar refractivity (Wildman–Crippen MR) is 137 cm³/mol. The molecule has 1 fully saturated rings. The van der Waals surface area contributed by atoms with Crippen molar-refractivity contribution < 1.29 is 39.0 Å². The van der Waals surface area contributed by atoms with E-state index in [0.29, 0.717) is 34.9 Å². The summed E-state index contributed by atoms with van der Waals surface area (Å²) in [5, 5.41) is 40.7. The third-order valence-corrected chi connectivity index (χ3v) is 7.67. The van der Waals surface area contributed by atoms with Crippen LogP contribution in [-0.4, -0.2) is 58.1 Å². The first-order chi connectivity index (χ1) is 18.2. The van der Waals surface area contributed by atoms with Gasteiger partial charge in [-0.1, -0.05) is 48.0 Å². The largest absolute Gasteiger partial charge is 0.490 e. The van der Waals surface area contributed by atoms with Crippen molar-refractivity contribution in [2.75, 3.05) is 13.2 Å². The highest BCUT2D eigenvalue weighted by atomic mass is 35.5. The summed E-state index contributed by atoms with van der Waals surface area (Å²) in [5.41, 5.74) is 2.77. The van der Waals surface area contributed by atoms with E-state index in [1.165, 1.54) is 6.07 Å². The maximum Gasteiger partial charge on any atom is 0.129 e. The fourth-order valence-corrected chi connectivity index (χ4v) is 5.32. The first-order valence-corrected chi connectivity index (χ1v) is 12.8. The minimum absolute atomic E-state index is 0.160. The van der Waals surface area contributed by atoms with E-state index < -0.39 is 42.7 Å². The zero-order valence-corrected chi connectivity index (χ0v) is 21.5. The van der Waals surface area contributed by atoms with E-state index in [9.17, 15) is 24.8 Å². The van der Waals surface area contributed by atoms with Crippen LogP contribution in [0.25, 0.3) is 0 Å². The number of halogens is 2. The number of aliphatic hydroxyl groups is 4. The van der Waals surface area contributed by atoms with Crippen molar-refractivity contribution in [3.05, 3.63) is 99.3 Å². The van der Waals surface area contributed by atoms with E-state index in [1.807, 2.05) is 37.3 Å². The van der Waals surface area contributed by atoms with Crippen molar-refractivity contribution in [2.45, 2.75) is 56.1 Å². The van der Waals surface area contributed by atoms with Crippen LogP contribution in [0.5, 0.6) is 5.75 Å². The summed E-state index contributed by atoms with van der Waals surface area (Å²) in [4.78, 5) is 0. The van der Waals surface area contributed by atoms with Gasteiger partial charge in [-0.25, -0.2) is 4.39 Å². The minimum Gasteiger partial charge on any atom is -0.490 e. The second kappa shape index (κ2) is 10.9. The van der Waals surface area contributed by atoms with Gasteiger partial charge in [0.2, 0.25) is 0 Å². The number of hydrogen-bond donors (Lipinski definition) is 4. The Morgan fingerprint density at radius 1 is 1.03 bits per heavy atom. The van der Waals surface area contributed by atoms with Crippen molar-refractivity contribution in [3.63, 3.8) is 0 Å². The smallest absolute Gasteiger partial charge is 0.129 e. The zero-order chi connectivity index (χ0) is 27.0. The molecule has 5 rings (SSSR count). The highest BCUT2D eigenvalue weighted by Crippen LogP contribution is 2.39. The Bertz CT molecular complexity index is 1280. The first-order valence-electron chi connectivity index (χ1n) is 12.4. The lowest BCUT2D eigenvalue weighted by molar-refractivity contribution is -0.231. The quantitative estimate of drug-likeness (QED) is 0.361.